The molecule has 1 unspecified atom stereocenters. The SMILES string of the molecule is CCC1CN=C(N(C(=O)c2ccc(Cl)cc2)c2cccc(OC)c2)S1. The predicted molar refractivity (Wildman–Crippen MR) is 105 cm³/mol. The third-order valence-corrected chi connectivity index (χ3v) is 5.54. The Bertz CT molecular complexity index is 792. The highest BCUT2D eigenvalue weighted by molar-refractivity contribution is 8.15. The Morgan fingerprint density at radius 1 is 1.32 bits per heavy atom. The molecule has 0 spiro atoms. The van der Waals surface area contributed by atoms with Gasteiger partial charge in [-0.1, -0.05) is 36.4 Å². The van der Waals surface area contributed by atoms with Crippen molar-refractivity contribution in [2.24, 2.45) is 4.99 Å². The fourth-order valence-corrected chi connectivity index (χ4v) is 3.71. The van der Waals surface area contributed by atoms with E-state index >= 15 is 0 Å². The van der Waals surface area contributed by atoms with Gasteiger partial charge in [0, 0.05) is 21.9 Å². The number of hydrogen-bond acceptors (Lipinski definition) is 4. The number of carbonyl (C=O) groups excluding carboxylic acids is 1. The average molecular weight is 375 g/mol. The summed E-state index contributed by atoms with van der Waals surface area (Å²) < 4.78 is 5.31. The van der Waals surface area contributed by atoms with Gasteiger partial charge >= 0.3 is 0 Å². The van der Waals surface area contributed by atoms with Crippen LogP contribution in [0.4, 0.5) is 5.69 Å². The van der Waals surface area contributed by atoms with E-state index in [4.69, 9.17) is 16.3 Å². The molecule has 0 N–H and O–H groups in total. The number of halogens is 1. The van der Waals surface area contributed by atoms with Crippen LogP contribution in [0.3, 0.4) is 0 Å². The van der Waals surface area contributed by atoms with E-state index in [-0.39, 0.29) is 5.91 Å². The lowest BCUT2D eigenvalue weighted by molar-refractivity contribution is 0.100. The molecule has 1 amide bonds. The van der Waals surface area contributed by atoms with Crippen molar-refractivity contribution < 1.29 is 9.53 Å². The second-order valence-electron chi connectivity index (χ2n) is 5.62. The summed E-state index contributed by atoms with van der Waals surface area (Å²) in [4.78, 5) is 19.4. The van der Waals surface area contributed by atoms with E-state index in [2.05, 4.69) is 11.9 Å². The number of ether oxygens (including phenoxy) is 1. The van der Waals surface area contributed by atoms with Gasteiger partial charge in [0.2, 0.25) is 0 Å². The van der Waals surface area contributed by atoms with Crippen LogP contribution in [0.1, 0.15) is 23.7 Å². The fourth-order valence-electron chi connectivity index (χ4n) is 2.53. The molecule has 0 aliphatic carbocycles. The van der Waals surface area contributed by atoms with E-state index in [1.165, 1.54) is 0 Å². The first-order valence-corrected chi connectivity index (χ1v) is 9.33. The quantitative estimate of drug-likeness (QED) is 0.766. The van der Waals surface area contributed by atoms with Crippen molar-refractivity contribution in [3.05, 3.63) is 59.1 Å². The smallest absolute Gasteiger partial charge is 0.264 e. The molecule has 1 aliphatic rings. The molecule has 1 atom stereocenters. The molecule has 6 heteroatoms. The second kappa shape index (κ2) is 7.93. The largest absolute Gasteiger partial charge is 0.497 e. The number of aliphatic imine (C=N–C) groups is 1. The monoisotopic (exact) mass is 374 g/mol. The van der Waals surface area contributed by atoms with Gasteiger partial charge in [0.1, 0.15) is 5.75 Å². The average Bonchev–Trinajstić information content (AvgIpc) is 3.11. The summed E-state index contributed by atoms with van der Waals surface area (Å²) in [6, 6.07) is 14.4. The maximum Gasteiger partial charge on any atom is 0.264 e. The number of hydrogen-bond donors (Lipinski definition) is 0. The first kappa shape index (κ1) is 17.8. The van der Waals surface area contributed by atoms with E-state index in [9.17, 15) is 4.79 Å². The fraction of sp³-hybridized carbons (Fsp3) is 0.263. The second-order valence-corrected chi connectivity index (χ2v) is 7.32. The molecule has 1 aliphatic heterocycles. The van der Waals surface area contributed by atoms with Crippen LogP contribution in [-0.4, -0.2) is 30.0 Å². The van der Waals surface area contributed by atoms with Crippen LogP contribution in [0.15, 0.2) is 53.5 Å². The molecular weight excluding hydrogens is 356 g/mol. The highest BCUT2D eigenvalue weighted by Gasteiger charge is 2.29. The maximum absolute atomic E-state index is 13.2. The normalized spacial score (nSPS) is 16.4. The number of carbonyl (C=O) groups is 1. The summed E-state index contributed by atoms with van der Waals surface area (Å²) >= 11 is 7.59. The van der Waals surface area contributed by atoms with Crippen LogP contribution >= 0.6 is 23.4 Å². The Balaban J connectivity index is 1.99. The van der Waals surface area contributed by atoms with Crippen LogP contribution in [0.2, 0.25) is 5.02 Å². The van der Waals surface area contributed by atoms with Crippen molar-refractivity contribution in [1.82, 2.24) is 0 Å². The molecule has 25 heavy (non-hydrogen) atoms. The van der Waals surface area contributed by atoms with Crippen LogP contribution < -0.4 is 9.64 Å². The Morgan fingerprint density at radius 3 is 2.72 bits per heavy atom. The Kier molecular flexibility index (Phi) is 5.66. The highest BCUT2D eigenvalue weighted by Crippen LogP contribution is 2.31. The maximum atomic E-state index is 13.2. The van der Waals surface area contributed by atoms with Crippen LogP contribution in [-0.2, 0) is 0 Å². The van der Waals surface area contributed by atoms with Gasteiger partial charge in [-0.05, 0) is 42.8 Å². The Labute approximate surface area is 156 Å². The highest BCUT2D eigenvalue weighted by atomic mass is 35.5. The molecule has 1 heterocycles. The topological polar surface area (TPSA) is 41.9 Å². The van der Waals surface area contributed by atoms with Crippen molar-refractivity contribution in [3.8, 4) is 5.75 Å². The van der Waals surface area contributed by atoms with Crippen molar-refractivity contribution in [1.29, 1.82) is 0 Å². The minimum atomic E-state index is -0.132. The zero-order chi connectivity index (χ0) is 17.8. The van der Waals surface area contributed by atoms with Gasteiger partial charge in [0.25, 0.3) is 5.91 Å². The van der Waals surface area contributed by atoms with Crippen molar-refractivity contribution >= 4 is 40.1 Å². The molecule has 0 fully saturated rings. The number of benzene rings is 2. The molecule has 4 nitrogen and oxygen atoms in total. The molecular formula is C19H19ClN2O2S. The molecule has 2 aromatic carbocycles. The number of rotatable bonds is 4. The van der Waals surface area contributed by atoms with Crippen LogP contribution in [0, 0.1) is 0 Å². The molecule has 130 valence electrons. The molecule has 0 saturated heterocycles. The summed E-state index contributed by atoms with van der Waals surface area (Å²) in [6.07, 6.45) is 1.01. The van der Waals surface area contributed by atoms with Gasteiger partial charge in [0.05, 0.1) is 19.3 Å². The number of amides is 1. The van der Waals surface area contributed by atoms with Gasteiger partial charge in [-0.2, -0.15) is 0 Å². The Morgan fingerprint density at radius 2 is 2.08 bits per heavy atom. The zero-order valence-corrected chi connectivity index (χ0v) is 15.7. The van der Waals surface area contributed by atoms with Crippen molar-refractivity contribution in [2.45, 2.75) is 18.6 Å². The lowest BCUT2D eigenvalue weighted by Crippen LogP contribution is -2.34. The first-order valence-electron chi connectivity index (χ1n) is 8.07. The first-order chi connectivity index (χ1) is 12.1. The lowest BCUT2D eigenvalue weighted by Gasteiger charge is -2.23. The van der Waals surface area contributed by atoms with Gasteiger partial charge in [-0.3, -0.25) is 14.7 Å². The number of amidine groups is 1. The molecule has 0 aromatic heterocycles. The van der Waals surface area contributed by atoms with Gasteiger partial charge < -0.3 is 4.74 Å². The van der Waals surface area contributed by atoms with Crippen LogP contribution in [0.5, 0.6) is 5.75 Å². The Hall–Kier alpha value is -1.98. The molecule has 0 saturated carbocycles. The third kappa shape index (κ3) is 3.99. The minimum absolute atomic E-state index is 0.132. The minimum Gasteiger partial charge on any atom is -0.497 e. The standard InChI is InChI=1S/C19H19ClN2O2S/c1-3-17-12-21-19(25-17)22(15-5-4-6-16(11-15)24-2)18(23)13-7-9-14(20)10-8-13/h4-11,17H,3,12H2,1-2H3. The van der Waals surface area contributed by atoms with Crippen LogP contribution in [0.25, 0.3) is 0 Å². The zero-order valence-electron chi connectivity index (χ0n) is 14.1. The molecule has 0 bridgehead atoms. The summed E-state index contributed by atoms with van der Waals surface area (Å²) in [5.74, 6) is 0.565. The number of methoxy groups -OCH3 is 1. The number of thioether (sulfide) groups is 1. The van der Waals surface area contributed by atoms with E-state index in [0.29, 0.717) is 21.6 Å². The molecule has 3 rings (SSSR count). The van der Waals surface area contributed by atoms with Gasteiger partial charge in [-0.25, -0.2) is 0 Å². The summed E-state index contributed by atoms with van der Waals surface area (Å²) in [5, 5.41) is 1.73. The summed E-state index contributed by atoms with van der Waals surface area (Å²) in [5.41, 5.74) is 1.30. The third-order valence-electron chi connectivity index (χ3n) is 3.95. The van der Waals surface area contributed by atoms with E-state index in [0.717, 1.165) is 23.8 Å². The number of nitrogens with zero attached hydrogens (tertiary/aromatic N) is 2. The van der Waals surface area contributed by atoms with E-state index in [1.807, 2.05) is 24.3 Å². The van der Waals surface area contributed by atoms with E-state index < -0.39 is 0 Å². The van der Waals surface area contributed by atoms with Crippen molar-refractivity contribution in [3.63, 3.8) is 0 Å². The summed E-state index contributed by atoms with van der Waals surface area (Å²) in [7, 11) is 1.61. The van der Waals surface area contributed by atoms with E-state index in [1.54, 1.807) is 48.0 Å². The lowest BCUT2D eigenvalue weighted by atomic mass is 10.2. The summed E-state index contributed by atoms with van der Waals surface area (Å²) in [6.45, 7) is 2.86. The predicted octanol–water partition coefficient (Wildman–Crippen LogP) is 4.88. The van der Waals surface area contributed by atoms with Crippen molar-refractivity contribution in [2.75, 3.05) is 18.6 Å². The molecule has 2 aromatic rings. The van der Waals surface area contributed by atoms with Gasteiger partial charge in [-0.15, -0.1) is 0 Å². The molecule has 0 radical (unpaired) electrons. The number of anilines is 1. The van der Waals surface area contributed by atoms with Gasteiger partial charge in [0.15, 0.2) is 5.17 Å².